The lowest BCUT2D eigenvalue weighted by atomic mass is 9.79. The van der Waals surface area contributed by atoms with Crippen LogP contribution in [-0.4, -0.2) is 49.9 Å². The van der Waals surface area contributed by atoms with Crippen LogP contribution in [0.2, 0.25) is 54.4 Å². The Morgan fingerprint density at radius 1 is 0.646 bits per heavy atom. The Labute approximate surface area is 298 Å². The molecule has 0 unspecified atom stereocenters. The molecule has 1 fully saturated rings. The zero-order valence-electron chi connectivity index (χ0n) is 33.2. The summed E-state index contributed by atoms with van der Waals surface area (Å²) in [5.74, 6) is 0.227. The van der Waals surface area contributed by atoms with Crippen molar-refractivity contribution in [2.75, 3.05) is 12.8 Å². The Morgan fingerprint density at radius 2 is 1.02 bits per heavy atom. The summed E-state index contributed by atoms with van der Waals surface area (Å²) in [6, 6.07) is 20.1. The van der Waals surface area contributed by atoms with Crippen molar-refractivity contribution in [2.45, 2.75) is 148 Å². The molecule has 0 bridgehead atoms. The standard InChI is InChI=1S/C40H69O4PSi3/c1-38(2,3)46(10,11)42-28-26-35-36(43-47(12,13)39(4,5)6)30-32(31-37(35)44-48(14,15)40(7,8)9)27-29-45(41,33-22-18-16-19-23-33)34-24-20-17-21-25-34/h16-25,27,35-37H,26,28-31H2,1-15H3/t35?,36-,37-/m1/s1. The number of hydrogen-bond donors (Lipinski definition) is 0. The van der Waals surface area contributed by atoms with Crippen molar-refractivity contribution < 1.29 is 17.8 Å². The second-order valence-electron chi connectivity index (χ2n) is 18.8. The molecule has 2 atom stereocenters. The quantitative estimate of drug-likeness (QED) is 0.124. The van der Waals surface area contributed by atoms with Crippen molar-refractivity contribution in [3.8, 4) is 0 Å². The zero-order chi connectivity index (χ0) is 36.4. The van der Waals surface area contributed by atoms with E-state index in [9.17, 15) is 0 Å². The van der Waals surface area contributed by atoms with Crippen LogP contribution in [0, 0.1) is 5.92 Å². The first-order valence-corrected chi connectivity index (χ1v) is 28.8. The van der Waals surface area contributed by atoms with Crippen molar-refractivity contribution in [1.82, 2.24) is 0 Å². The van der Waals surface area contributed by atoms with Gasteiger partial charge in [-0.05, 0) is 73.7 Å². The number of hydrogen-bond acceptors (Lipinski definition) is 4. The van der Waals surface area contributed by atoms with Gasteiger partial charge in [0, 0.05) is 29.3 Å². The van der Waals surface area contributed by atoms with Crippen LogP contribution in [0.25, 0.3) is 0 Å². The predicted octanol–water partition coefficient (Wildman–Crippen LogP) is 11.5. The first-order chi connectivity index (χ1) is 21.8. The van der Waals surface area contributed by atoms with Crippen LogP contribution >= 0.6 is 7.14 Å². The van der Waals surface area contributed by atoms with Gasteiger partial charge in [-0.1, -0.05) is 135 Å². The molecular formula is C40H69O4PSi3. The van der Waals surface area contributed by atoms with Crippen molar-refractivity contribution in [2.24, 2.45) is 5.92 Å². The third-order valence-corrected chi connectivity index (χ3v) is 28.6. The summed E-state index contributed by atoms with van der Waals surface area (Å²) in [4.78, 5) is 0. The van der Waals surface area contributed by atoms with Crippen LogP contribution < -0.4 is 10.6 Å². The summed E-state index contributed by atoms with van der Waals surface area (Å²) in [6.45, 7) is 35.8. The van der Waals surface area contributed by atoms with Gasteiger partial charge in [0.15, 0.2) is 25.0 Å². The maximum Gasteiger partial charge on any atom is 0.192 e. The van der Waals surface area contributed by atoms with Crippen molar-refractivity contribution in [3.05, 3.63) is 72.3 Å². The van der Waals surface area contributed by atoms with Crippen LogP contribution in [0.5, 0.6) is 0 Å². The lowest BCUT2D eigenvalue weighted by Crippen LogP contribution is -2.53. The summed E-state index contributed by atoms with van der Waals surface area (Å²) in [6.07, 6.45) is 5.46. The Balaban J connectivity index is 2.09. The van der Waals surface area contributed by atoms with Gasteiger partial charge in [0.25, 0.3) is 0 Å². The number of benzene rings is 2. The van der Waals surface area contributed by atoms with E-state index < -0.39 is 32.1 Å². The molecule has 0 aliphatic heterocycles. The maximum absolute atomic E-state index is 15.0. The van der Waals surface area contributed by atoms with Gasteiger partial charge >= 0.3 is 0 Å². The second-order valence-corrected chi connectivity index (χ2v) is 36.0. The van der Waals surface area contributed by atoms with E-state index in [0.29, 0.717) is 6.16 Å². The maximum atomic E-state index is 15.0. The van der Waals surface area contributed by atoms with Gasteiger partial charge < -0.3 is 17.8 Å². The molecule has 270 valence electrons. The minimum Gasteiger partial charge on any atom is -0.417 e. The second kappa shape index (κ2) is 15.3. The van der Waals surface area contributed by atoms with Gasteiger partial charge in [0.1, 0.15) is 7.14 Å². The Kier molecular flexibility index (Phi) is 13.2. The van der Waals surface area contributed by atoms with Crippen LogP contribution in [0.4, 0.5) is 0 Å². The summed E-state index contributed by atoms with van der Waals surface area (Å²) >= 11 is 0. The van der Waals surface area contributed by atoms with E-state index >= 15 is 4.57 Å². The number of allylic oxidation sites excluding steroid dienone is 1. The monoisotopic (exact) mass is 728 g/mol. The largest absolute Gasteiger partial charge is 0.417 e. The minimum atomic E-state index is -2.89. The Morgan fingerprint density at radius 3 is 1.38 bits per heavy atom. The fourth-order valence-corrected chi connectivity index (χ4v) is 12.0. The molecule has 8 heteroatoms. The van der Waals surface area contributed by atoms with Crippen LogP contribution in [-0.2, 0) is 17.8 Å². The van der Waals surface area contributed by atoms with Crippen LogP contribution in [0.3, 0.4) is 0 Å². The molecule has 2 aromatic carbocycles. The highest BCUT2D eigenvalue weighted by molar-refractivity contribution is 7.78. The van der Waals surface area contributed by atoms with E-state index in [1.54, 1.807) is 0 Å². The molecule has 0 spiro atoms. The molecule has 4 nitrogen and oxygen atoms in total. The lowest BCUT2D eigenvalue weighted by Gasteiger charge is -2.49. The highest BCUT2D eigenvalue weighted by Crippen LogP contribution is 2.48. The van der Waals surface area contributed by atoms with Crippen molar-refractivity contribution in [3.63, 3.8) is 0 Å². The van der Waals surface area contributed by atoms with Crippen LogP contribution in [0.1, 0.15) is 81.6 Å². The molecule has 0 saturated heterocycles. The predicted molar refractivity (Wildman–Crippen MR) is 217 cm³/mol. The molecule has 0 N–H and O–H groups in total. The molecule has 1 aliphatic carbocycles. The minimum absolute atomic E-state index is 0.0245. The summed E-state index contributed by atoms with van der Waals surface area (Å²) in [5.41, 5.74) is 1.32. The van der Waals surface area contributed by atoms with E-state index in [4.69, 9.17) is 13.3 Å². The van der Waals surface area contributed by atoms with Gasteiger partial charge in [0.05, 0.1) is 12.2 Å². The molecular weight excluding hydrogens is 660 g/mol. The number of rotatable bonds is 12. The van der Waals surface area contributed by atoms with E-state index in [-0.39, 0.29) is 33.2 Å². The molecule has 1 saturated carbocycles. The van der Waals surface area contributed by atoms with E-state index in [1.165, 1.54) is 5.57 Å². The third kappa shape index (κ3) is 10.0. The molecule has 0 aromatic heterocycles. The molecule has 48 heavy (non-hydrogen) atoms. The normalized spacial score (nSPS) is 20.6. The molecule has 2 aromatic rings. The smallest absolute Gasteiger partial charge is 0.192 e. The molecule has 0 heterocycles. The fraction of sp³-hybridized carbons (Fsp3) is 0.650. The molecule has 3 rings (SSSR count). The van der Waals surface area contributed by atoms with Gasteiger partial charge in [0.2, 0.25) is 0 Å². The van der Waals surface area contributed by atoms with Gasteiger partial charge in [-0.2, -0.15) is 0 Å². The Hall–Kier alpha value is -1.06. The van der Waals surface area contributed by atoms with Gasteiger partial charge in [-0.15, -0.1) is 0 Å². The molecule has 0 radical (unpaired) electrons. The van der Waals surface area contributed by atoms with Crippen molar-refractivity contribution >= 4 is 42.7 Å². The highest BCUT2D eigenvalue weighted by atomic mass is 31.2. The van der Waals surface area contributed by atoms with Crippen molar-refractivity contribution in [1.29, 1.82) is 0 Å². The summed E-state index contributed by atoms with van der Waals surface area (Å²) < 4.78 is 36.6. The van der Waals surface area contributed by atoms with E-state index in [0.717, 1.165) is 36.5 Å². The Bertz CT molecular complexity index is 1320. The summed E-state index contributed by atoms with van der Waals surface area (Å²) in [5, 5.41) is 2.15. The fourth-order valence-electron chi connectivity index (χ4n) is 5.67. The zero-order valence-corrected chi connectivity index (χ0v) is 37.1. The first kappa shape index (κ1) is 41.4. The van der Waals surface area contributed by atoms with E-state index in [1.807, 2.05) is 60.7 Å². The first-order valence-electron chi connectivity index (χ1n) is 18.2. The lowest BCUT2D eigenvalue weighted by molar-refractivity contribution is -0.00324. The van der Waals surface area contributed by atoms with Gasteiger partial charge in [-0.3, -0.25) is 0 Å². The third-order valence-electron chi connectivity index (χ3n) is 12.1. The SMILES string of the molecule is CC(C)(C)[Si](C)(C)OCCC1[C@H](O[Si](C)(C)C(C)(C)C)CC(=CCP(=O)(c2ccccc2)c2ccccc2)C[C@H]1O[Si](C)(C)C(C)(C)C. The average molecular weight is 729 g/mol. The summed E-state index contributed by atoms with van der Waals surface area (Å²) in [7, 11) is -9.03. The highest BCUT2D eigenvalue weighted by Gasteiger charge is 2.48. The van der Waals surface area contributed by atoms with Gasteiger partial charge in [-0.25, -0.2) is 0 Å². The van der Waals surface area contributed by atoms with E-state index in [2.05, 4.69) is 108 Å². The van der Waals surface area contributed by atoms with Crippen LogP contribution in [0.15, 0.2) is 72.3 Å². The average Bonchev–Trinajstić information content (AvgIpc) is 2.96. The molecule has 1 aliphatic rings. The molecule has 0 amide bonds. The topological polar surface area (TPSA) is 44.8 Å².